The maximum atomic E-state index is 6.45. The van der Waals surface area contributed by atoms with Crippen molar-refractivity contribution in [2.75, 3.05) is 0 Å². The van der Waals surface area contributed by atoms with Crippen LogP contribution < -0.4 is 0 Å². The molecule has 0 saturated heterocycles. The first-order valence-electron chi connectivity index (χ1n) is 9.36. The number of aromatic nitrogens is 5. The summed E-state index contributed by atoms with van der Waals surface area (Å²) in [5.41, 5.74) is 0.920. The molecular formula is C19H22ClN5OS. The van der Waals surface area contributed by atoms with Gasteiger partial charge in [0.15, 0.2) is 16.8 Å². The summed E-state index contributed by atoms with van der Waals surface area (Å²) in [5.74, 6) is 2.19. The third-order valence-electron chi connectivity index (χ3n) is 4.90. The van der Waals surface area contributed by atoms with E-state index in [9.17, 15) is 0 Å². The lowest BCUT2D eigenvalue weighted by atomic mass is 10.2. The standard InChI is InChI=1S/C19H22ClN5OS/c1-3-16-21-18(26-24-16)12(2)27-19-23-22-17(14-10-6-7-11-15(14)20)25(19)13-8-4-5-9-13/h6-7,10-13H,3-5,8-9H2,1-2H3. The molecule has 0 spiro atoms. The van der Waals surface area contributed by atoms with Crippen LogP contribution in [0.2, 0.25) is 5.02 Å². The summed E-state index contributed by atoms with van der Waals surface area (Å²) in [5, 5.41) is 14.6. The summed E-state index contributed by atoms with van der Waals surface area (Å²) in [4.78, 5) is 4.45. The number of rotatable bonds is 6. The average molecular weight is 404 g/mol. The van der Waals surface area contributed by atoms with Gasteiger partial charge in [0.25, 0.3) is 0 Å². The molecule has 142 valence electrons. The largest absolute Gasteiger partial charge is 0.338 e. The van der Waals surface area contributed by atoms with Crippen LogP contribution in [0.1, 0.15) is 62.5 Å². The third-order valence-corrected chi connectivity index (χ3v) is 6.27. The first-order valence-corrected chi connectivity index (χ1v) is 10.6. The van der Waals surface area contributed by atoms with Crippen LogP contribution >= 0.6 is 23.4 Å². The van der Waals surface area contributed by atoms with Crippen LogP contribution in [0.25, 0.3) is 11.4 Å². The molecule has 1 fully saturated rings. The Morgan fingerprint density at radius 3 is 2.74 bits per heavy atom. The minimum atomic E-state index is 0.00116. The Kier molecular flexibility index (Phi) is 5.50. The smallest absolute Gasteiger partial charge is 0.239 e. The number of halogens is 1. The van der Waals surface area contributed by atoms with Crippen LogP contribution in [0.3, 0.4) is 0 Å². The van der Waals surface area contributed by atoms with Crippen LogP contribution in [0, 0.1) is 0 Å². The van der Waals surface area contributed by atoms with Crippen LogP contribution in [0.15, 0.2) is 33.9 Å². The molecule has 4 rings (SSSR count). The SMILES string of the molecule is CCc1noc(C(C)Sc2nnc(-c3ccccc3Cl)n2C2CCCC2)n1. The molecule has 1 aliphatic carbocycles. The Bertz CT molecular complexity index is 918. The van der Waals surface area contributed by atoms with Crippen molar-refractivity contribution >= 4 is 23.4 Å². The van der Waals surface area contributed by atoms with Crippen molar-refractivity contribution in [3.05, 3.63) is 41.0 Å². The molecule has 3 aromatic rings. The molecule has 27 heavy (non-hydrogen) atoms. The fourth-order valence-electron chi connectivity index (χ4n) is 3.46. The lowest BCUT2D eigenvalue weighted by Gasteiger charge is -2.18. The summed E-state index contributed by atoms with van der Waals surface area (Å²) in [6, 6.07) is 8.21. The topological polar surface area (TPSA) is 69.6 Å². The highest BCUT2D eigenvalue weighted by molar-refractivity contribution is 7.99. The molecule has 1 atom stereocenters. The van der Waals surface area contributed by atoms with Crippen molar-refractivity contribution in [2.45, 2.75) is 62.4 Å². The Morgan fingerprint density at radius 2 is 2.04 bits per heavy atom. The van der Waals surface area contributed by atoms with Crippen LogP contribution in [0.4, 0.5) is 0 Å². The van der Waals surface area contributed by atoms with E-state index in [1.165, 1.54) is 12.8 Å². The van der Waals surface area contributed by atoms with Crippen molar-refractivity contribution in [2.24, 2.45) is 0 Å². The van der Waals surface area contributed by atoms with Crippen molar-refractivity contribution < 1.29 is 4.52 Å². The van der Waals surface area contributed by atoms with Gasteiger partial charge in [0.2, 0.25) is 5.89 Å². The van der Waals surface area contributed by atoms with Gasteiger partial charge in [-0.1, -0.05) is 60.4 Å². The highest BCUT2D eigenvalue weighted by Crippen LogP contribution is 2.41. The zero-order chi connectivity index (χ0) is 18.8. The van der Waals surface area contributed by atoms with Gasteiger partial charge in [0.05, 0.1) is 10.3 Å². The molecule has 1 aromatic carbocycles. The maximum Gasteiger partial charge on any atom is 0.239 e. The molecule has 0 radical (unpaired) electrons. The summed E-state index contributed by atoms with van der Waals surface area (Å²) in [6.07, 6.45) is 5.49. The van der Waals surface area contributed by atoms with Crippen molar-refractivity contribution in [3.8, 4) is 11.4 Å². The lowest BCUT2D eigenvalue weighted by molar-refractivity contribution is 0.375. The van der Waals surface area contributed by atoms with Crippen molar-refractivity contribution in [3.63, 3.8) is 0 Å². The predicted octanol–water partition coefficient (Wildman–Crippen LogP) is 5.51. The quantitative estimate of drug-likeness (QED) is 0.505. The van der Waals surface area contributed by atoms with E-state index in [2.05, 4.69) is 31.8 Å². The van der Waals surface area contributed by atoms with Gasteiger partial charge in [-0.3, -0.25) is 4.57 Å². The molecular weight excluding hydrogens is 382 g/mol. The number of hydrogen-bond acceptors (Lipinski definition) is 6. The molecule has 6 nitrogen and oxygen atoms in total. The van der Waals surface area contributed by atoms with Gasteiger partial charge >= 0.3 is 0 Å². The molecule has 0 amide bonds. The number of hydrogen-bond donors (Lipinski definition) is 0. The van der Waals surface area contributed by atoms with Crippen LogP contribution in [-0.4, -0.2) is 24.9 Å². The van der Waals surface area contributed by atoms with Gasteiger partial charge in [-0.05, 0) is 31.9 Å². The maximum absolute atomic E-state index is 6.45. The Labute approximate surface area is 167 Å². The normalized spacial score (nSPS) is 16.1. The van der Waals surface area contributed by atoms with Gasteiger partial charge in [-0.2, -0.15) is 4.98 Å². The van der Waals surface area contributed by atoms with E-state index in [0.717, 1.165) is 41.6 Å². The highest BCUT2D eigenvalue weighted by Gasteiger charge is 2.27. The van der Waals surface area contributed by atoms with Gasteiger partial charge in [0, 0.05) is 18.0 Å². The molecule has 1 saturated carbocycles. The minimum Gasteiger partial charge on any atom is -0.338 e. The predicted molar refractivity (Wildman–Crippen MR) is 106 cm³/mol. The van der Waals surface area contributed by atoms with E-state index in [-0.39, 0.29) is 5.25 Å². The first-order chi connectivity index (χ1) is 13.2. The molecule has 2 aromatic heterocycles. The van der Waals surface area contributed by atoms with E-state index in [1.54, 1.807) is 11.8 Å². The molecule has 1 unspecified atom stereocenters. The number of nitrogens with zero attached hydrogens (tertiary/aromatic N) is 5. The number of benzene rings is 1. The monoisotopic (exact) mass is 403 g/mol. The third kappa shape index (κ3) is 3.75. The van der Waals surface area contributed by atoms with Gasteiger partial charge < -0.3 is 4.52 Å². The summed E-state index contributed by atoms with van der Waals surface area (Å²) >= 11 is 8.05. The van der Waals surface area contributed by atoms with Crippen LogP contribution in [-0.2, 0) is 6.42 Å². The zero-order valence-corrected chi connectivity index (χ0v) is 17.0. The van der Waals surface area contributed by atoms with Gasteiger partial charge in [0.1, 0.15) is 0 Å². The number of thioether (sulfide) groups is 1. The van der Waals surface area contributed by atoms with E-state index >= 15 is 0 Å². The summed E-state index contributed by atoms with van der Waals surface area (Å²) < 4.78 is 7.66. The first kappa shape index (κ1) is 18.5. The zero-order valence-electron chi connectivity index (χ0n) is 15.4. The van der Waals surface area contributed by atoms with Gasteiger partial charge in [-0.25, -0.2) is 0 Å². The average Bonchev–Trinajstić information content (AvgIpc) is 3.42. The van der Waals surface area contributed by atoms with E-state index < -0.39 is 0 Å². The Morgan fingerprint density at radius 1 is 1.26 bits per heavy atom. The summed E-state index contributed by atoms with van der Waals surface area (Å²) in [7, 11) is 0. The fraction of sp³-hybridized carbons (Fsp3) is 0.474. The second-order valence-corrected chi connectivity index (χ2v) is 8.47. The fourth-order valence-corrected chi connectivity index (χ4v) is 4.63. The number of aryl methyl sites for hydroxylation is 1. The van der Waals surface area contributed by atoms with E-state index in [4.69, 9.17) is 16.1 Å². The summed E-state index contributed by atoms with van der Waals surface area (Å²) in [6.45, 7) is 4.07. The Balaban J connectivity index is 1.69. The molecule has 2 heterocycles. The van der Waals surface area contributed by atoms with E-state index in [1.807, 2.05) is 31.2 Å². The minimum absolute atomic E-state index is 0.00116. The van der Waals surface area contributed by atoms with Crippen molar-refractivity contribution in [1.29, 1.82) is 0 Å². The van der Waals surface area contributed by atoms with E-state index in [0.29, 0.717) is 17.0 Å². The second-order valence-electron chi connectivity index (χ2n) is 6.76. The highest BCUT2D eigenvalue weighted by atomic mass is 35.5. The second kappa shape index (κ2) is 8.02. The molecule has 1 aliphatic rings. The van der Waals surface area contributed by atoms with Crippen molar-refractivity contribution in [1.82, 2.24) is 24.9 Å². The molecule has 8 heteroatoms. The molecule has 0 bridgehead atoms. The lowest BCUT2D eigenvalue weighted by Crippen LogP contribution is -2.09. The van der Waals surface area contributed by atoms with Gasteiger partial charge in [-0.15, -0.1) is 10.2 Å². The molecule has 0 aliphatic heterocycles. The van der Waals surface area contributed by atoms with Crippen LogP contribution in [0.5, 0.6) is 0 Å². The Hall–Kier alpha value is -1.86. The molecule has 0 N–H and O–H groups in total.